The molecule has 0 fully saturated rings. The molecule has 0 bridgehead atoms. The largest absolute Gasteiger partial charge is 0.375 e. The van der Waals surface area contributed by atoms with Crippen molar-refractivity contribution in [2.75, 3.05) is 27.2 Å². The van der Waals surface area contributed by atoms with Crippen molar-refractivity contribution in [2.45, 2.75) is 32.5 Å². The summed E-state index contributed by atoms with van der Waals surface area (Å²) in [5.74, 6) is 0.608. The molecule has 3 heteroatoms. The van der Waals surface area contributed by atoms with E-state index in [9.17, 15) is 0 Å². The molecule has 0 spiro atoms. The Morgan fingerprint density at radius 1 is 1.32 bits per heavy atom. The molecule has 1 aliphatic rings. The van der Waals surface area contributed by atoms with Gasteiger partial charge in [0, 0.05) is 12.6 Å². The van der Waals surface area contributed by atoms with Crippen LogP contribution in [0.3, 0.4) is 0 Å². The van der Waals surface area contributed by atoms with Crippen LogP contribution in [0.25, 0.3) is 0 Å². The number of ether oxygens (including phenoxy) is 1. The van der Waals surface area contributed by atoms with Crippen molar-refractivity contribution in [2.24, 2.45) is 5.92 Å². The maximum Gasteiger partial charge on any atom is 0.0721 e. The van der Waals surface area contributed by atoms with E-state index in [4.69, 9.17) is 4.74 Å². The van der Waals surface area contributed by atoms with Gasteiger partial charge in [0.15, 0.2) is 0 Å². The third-order valence-corrected chi connectivity index (χ3v) is 3.75. The van der Waals surface area contributed by atoms with Gasteiger partial charge in [-0.15, -0.1) is 0 Å². The van der Waals surface area contributed by atoms with Gasteiger partial charge in [0.2, 0.25) is 0 Å². The Morgan fingerprint density at radius 3 is 2.74 bits per heavy atom. The molecule has 1 aromatic rings. The summed E-state index contributed by atoms with van der Waals surface area (Å²) in [6.07, 6.45) is 0. The average molecular weight is 262 g/mol. The van der Waals surface area contributed by atoms with Crippen LogP contribution in [0.2, 0.25) is 0 Å². The molecular weight excluding hydrogens is 236 g/mol. The van der Waals surface area contributed by atoms with Gasteiger partial charge in [-0.1, -0.05) is 38.1 Å². The number of likely N-dealkylation sites (N-methyl/N-ethyl adjacent to an activating group) is 1. The number of hydrogen-bond acceptors (Lipinski definition) is 3. The summed E-state index contributed by atoms with van der Waals surface area (Å²) in [5.41, 5.74) is 2.72. The molecule has 2 unspecified atom stereocenters. The molecule has 0 saturated heterocycles. The molecule has 2 atom stereocenters. The number of hydrogen-bond donors (Lipinski definition) is 1. The van der Waals surface area contributed by atoms with E-state index in [1.165, 1.54) is 11.1 Å². The van der Waals surface area contributed by atoms with E-state index in [0.717, 1.165) is 19.8 Å². The normalized spacial score (nSPS) is 20.6. The molecule has 1 aliphatic heterocycles. The lowest BCUT2D eigenvalue weighted by atomic mass is 9.96. The van der Waals surface area contributed by atoms with Crippen LogP contribution in [0.15, 0.2) is 24.3 Å². The lowest BCUT2D eigenvalue weighted by Gasteiger charge is -2.33. The minimum atomic E-state index is 0.317. The summed E-state index contributed by atoms with van der Waals surface area (Å²) >= 11 is 0. The molecule has 1 heterocycles. The third-order valence-electron chi connectivity index (χ3n) is 3.75. The van der Waals surface area contributed by atoms with E-state index in [1.54, 1.807) is 0 Å². The van der Waals surface area contributed by atoms with E-state index in [1.807, 2.05) is 0 Å². The zero-order valence-electron chi connectivity index (χ0n) is 12.5. The van der Waals surface area contributed by atoms with E-state index in [2.05, 4.69) is 62.4 Å². The molecule has 1 aromatic carbocycles. The van der Waals surface area contributed by atoms with E-state index >= 15 is 0 Å². The first-order valence-electron chi connectivity index (χ1n) is 7.14. The highest BCUT2D eigenvalue weighted by atomic mass is 16.5. The van der Waals surface area contributed by atoms with E-state index < -0.39 is 0 Å². The Labute approximate surface area is 116 Å². The minimum absolute atomic E-state index is 0.317. The number of fused-ring (bicyclic) bond motifs is 1. The lowest BCUT2D eigenvalue weighted by Crippen LogP contribution is -2.45. The quantitative estimate of drug-likeness (QED) is 0.882. The predicted octanol–water partition coefficient (Wildman–Crippen LogP) is 2.43. The highest BCUT2D eigenvalue weighted by Crippen LogP contribution is 2.25. The first-order chi connectivity index (χ1) is 9.08. The van der Waals surface area contributed by atoms with Gasteiger partial charge in [-0.3, -0.25) is 0 Å². The van der Waals surface area contributed by atoms with Crippen LogP contribution in [-0.2, 0) is 11.3 Å². The third kappa shape index (κ3) is 3.78. The Kier molecular flexibility index (Phi) is 4.97. The maximum atomic E-state index is 5.72. The van der Waals surface area contributed by atoms with Crippen LogP contribution in [-0.4, -0.2) is 38.2 Å². The fraction of sp³-hybridized carbons (Fsp3) is 0.625. The van der Waals surface area contributed by atoms with Crippen LogP contribution in [0, 0.1) is 5.92 Å². The van der Waals surface area contributed by atoms with Crippen LogP contribution in [0.4, 0.5) is 0 Å². The Balaban J connectivity index is 2.10. The molecule has 0 radical (unpaired) electrons. The van der Waals surface area contributed by atoms with Gasteiger partial charge in [0.25, 0.3) is 0 Å². The van der Waals surface area contributed by atoms with Crippen molar-refractivity contribution in [3.05, 3.63) is 35.4 Å². The Hall–Kier alpha value is -0.900. The summed E-state index contributed by atoms with van der Waals surface area (Å²) in [6.45, 7) is 7.12. The molecular formula is C16H26N2O. The van der Waals surface area contributed by atoms with Crippen LogP contribution in [0.5, 0.6) is 0 Å². The fourth-order valence-electron chi connectivity index (χ4n) is 2.63. The molecule has 19 heavy (non-hydrogen) atoms. The van der Waals surface area contributed by atoms with Crippen molar-refractivity contribution < 1.29 is 4.74 Å². The first-order valence-corrected chi connectivity index (χ1v) is 7.14. The van der Waals surface area contributed by atoms with Gasteiger partial charge in [-0.25, -0.2) is 0 Å². The van der Waals surface area contributed by atoms with E-state index in [-0.39, 0.29) is 0 Å². The highest BCUT2D eigenvalue weighted by Gasteiger charge is 2.24. The van der Waals surface area contributed by atoms with Gasteiger partial charge in [0.05, 0.1) is 19.3 Å². The van der Waals surface area contributed by atoms with Crippen molar-refractivity contribution in [1.82, 2.24) is 10.2 Å². The zero-order valence-corrected chi connectivity index (χ0v) is 12.5. The van der Waals surface area contributed by atoms with E-state index in [0.29, 0.717) is 18.0 Å². The molecule has 3 nitrogen and oxygen atoms in total. The molecule has 0 saturated carbocycles. The van der Waals surface area contributed by atoms with Crippen LogP contribution < -0.4 is 5.32 Å². The summed E-state index contributed by atoms with van der Waals surface area (Å²) in [6, 6.07) is 9.40. The SMILES string of the molecule is CC(C)C(CN(C)C)NC1COCc2ccccc21. The number of nitrogens with zero attached hydrogens (tertiary/aromatic N) is 1. The number of benzene rings is 1. The number of nitrogens with one attached hydrogen (secondary N) is 1. The molecule has 0 amide bonds. The maximum absolute atomic E-state index is 5.72. The molecule has 0 aromatic heterocycles. The Morgan fingerprint density at radius 2 is 2.05 bits per heavy atom. The first kappa shape index (κ1) is 14.5. The van der Waals surface area contributed by atoms with Crippen molar-refractivity contribution in [3.8, 4) is 0 Å². The van der Waals surface area contributed by atoms with Gasteiger partial charge in [0.1, 0.15) is 0 Å². The second-order valence-corrected chi connectivity index (χ2v) is 6.05. The monoisotopic (exact) mass is 262 g/mol. The number of rotatable bonds is 5. The Bertz CT molecular complexity index is 403. The second-order valence-electron chi connectivity index (χ2n) is 6.05. The predicted molar refractivity (Wildman–Crippen MR) is 79.2 cm³/mol. The summed E-state index contributed by atoms with van der Waals surface area (Å²) in [4.78, 5) is 2.24. The fourth-order valence-corrected chi connectivity index (χ4v) is 2.63. The van der Waals surface area contributed by atoms with Crippen molar-refractivity contribution >= 4 is 0 Å². The summed E-state index contributed by atoms with van der Waals surface area (Å²) in [5, 5.41) is 3.78. The highest BCUT2D eigenvalue weighted by molar-refractivity contribution is 5.31. The molecule has 2 rings (SSSR count). The minimum Gasteiger partial charge on any atom is -0.375 e. The molecule has 1 N–H and O–H groups in total. The van der Waals surface area contributed by atoms with Crippen LogP contribution in [0.1, 0.15) is 31.0 Å². The molecule has 106 valence electrons. The smallest absolute Gasteiger partial charge is 0.0721 e. The standard InChI is InChI=1S/C16H26N2O/c1-12(2)15(9-18(3)4)17-16-11-19-10-13-7-5-6-8-14(13)16/h5-8,12,15-17H,9-11H2,1-4H3. The molecule has 0 aliphatic carbocycles. The van der Waals surface area contributed by atoms with Crippen LogP contribution >= 0.6 is 0 Å². The van der Waals surface area contributed by atoms with Gasteiger partial charge in [-0.2, -0.15) is 0 Å². The topological polar surface area (TPSA) is 24.5 Å². The van der Waals surface area contributed by atoms with Gasteiger partial charge >= 0.3 is 0 Å². The zero-order chi connectivity index (χ0) is 13.8. The van der Waals surface area contributed by atoms with Gasteiger partial charge < -0.3 is 15.0 Å². The average Bonchev–Trinajstić information content (AvgIpc) is 2.37. The summed E-state index contributed by atoms with van der Waals surface area (Å²) < 4.78 is 5.72. The van der Waals surface area contributed by atoms with Crippen molar-refractivity contribution in [3.63, 3.8) is 0 Å². The van der Waals surface area contributed by atoms with Gasteiger partial charge in [-0.05, 0) is 31.1 Å². The second kappa shape index (κ2) is 6.51. The summed E-state index contributed by atoms with van der Waals surface area (Å²) in [7, 11) is 4.25. The lowest BCUT2D eigenvalue weighted by molar-refractivity contribution is 0.0741. The van der Waals surface area contributed by atoms with Crippen molar-refractivity contribution in [1.29, 1.82) is 0 Å².